The lowest BCUT2D eigenvalue weighted by Gasteiger charge is -2.37. The summed E-state index contributed by atoms with van der Waals surface area (Å²) in [5.74, 6) is -1.33. The summed E-state index contributed by atoms with van der Waals surface area (Å²) in [6, 6.07) is 7.52. The molecule has 2 amide bonds. The van der Waals surface area contributed by atoms with Crippen molar-refractivity contribution in [2.24, 2.45) is 11.8 Å². The van der Waals surface area contributed by atoms with Gasteiger partial charge in [-0.05, 0) is 38.3 Å². The van der Waals surface area contributed by atoms with Gasteiger partial charge in [0.25, 0.3) is 5.91 Å². The second-order valence-corrected chi connectivity index (χ2v) is 7.38. The average molecular weight is 358 g/mol. The van der Waals surface area contributed by atoms with E-state index in [9.17, 15) is 19.5 Å². The lowest BCUT2D eigenvalue weighted by atomic mass is 9.80. The molecule has 2 unspecified atom stereocenters. The van der Waals surface area contributed by atoms with Crippen LogP contribution in [0.15, 0.2) is 24.3 Å². The molecule has 0 radical (unpaired) electrons. The minimum atomic E-state index is -0.795. The molecule has 26 heavy (non-hydrogen) atoms. The number of rotatable bonds is 3. The minimum Gasteiger partial charge on any atom is -0.481 e. The molecular weight excluding hydrogens is 332 g/mol. The summed E-state index contributed by atoms with van der Waals surface area (Å²) in [4.78, 5) is 40.1. The maximum absolute atomic E-state index is 12.7. The summed E-state index contributed by atoms with van der Waals surface area (Å²) in [7, 11) is 0. The van der Waals surface area contributed by atoms with E-state index in [1.165, 1.54) is 0 Å². The molecule has 1 saturated heterocycles. The van der Waals surface area contributed by atoms with E-state index in [1.807, 2.05) is 31.2 Å². The Hall–Kier alpha value is -2.37. The molecule has 2 atom stereocenters. The fourth-order valence-electron chi connectivity index (χ4n) is 3.91. The molecule has 2 fully saturated rings. The highest BCUT2D eigenvalue weighted by Gasteiger charge is 2.34. The summed E-state index contributed by atoms with van der Waals surface area (Å²) in [5, 5.41) is 9.20. The molecule has 0 spiro atoms. The van der Waals surface area contributed by atoms with E-state index in [-0.39, 0.29) is 17.7 Å². The lowest BCUT2D eigenvalue weighted by Crippen LogP contribution is -2.52. The number of aliphatic carboxylic acids is 1. The number of hydrogen-bond donors (Lipinski definition) is 1. The predicted molar refractivity (Wildman–Crippen MR) is 96.7 cm³/mol. The Bertz CT molecular complexity index is 678. The number of nitrogens with zero attached hydrogens (tertiary/aromatic N) is 2. The first-order valence-corrected chi connectivity index (χ1v) is 9.33. The molecule has 6 nitrogen and oxygen atoms in total. The Morgan fingerprint density at radius 1 is 0.923 bits per heavy atom. The molecule has 3 rings (SSSR count). The first-order valence-electron chi connectivity index (χ1n) is 9.33. The van der Waals surface area contributed by atoms with E-state index in [0.717, 1.165) is 18.4 Å². The second kappa shape index (κ2) is 7.89. The van der Waals surface area contributed by atoms with Gasteiger partial charge >= 0.3 is 5.97 Å². The number of aryl methyl sites for hydroxylation is 1. The second-order valence-electron chi connectivity index (χ2n) is 7.38. The molecule has 0 bridgehead atoms. The average Bonchev–Trinajstić information content (AvgIpc) is 2.67. The van der Waals surface area contributed by atoms with Gasteiger partial charge in [-0.1, -0.05) is 24.1 Å². The molecule has 1 aliphatic carbocycles. The van der Waals surface area contributed by atoms with Crippen LogP contribution in [0.5, 0.6) is 0 Å². The molecule has 1 N–H and O–H groups in total. The van der Waals surface area contributed by atoms with Gasteiger partial charge in [-0.3, -0.25) is 14.4 Å². The van der Waals surface area contributed by atoms with Crippen LogP contribution >= 0.6 is 0 Å². The van der Waals surface area contributed by atoms with Crippen LogP contribution < -0.4 is 0 Å². The number of carbonyl (C=O) groups excluding carboxylic acids is 2. The number of amides is 2. The van der Waals surface area contributed by atoms with E-state index in [0.29, 0.717) is 44.6 Å². The van der Waals surface area contributed by atoms with Crippen molar-refractivity contribution in [2.75, 3.05) is 26.2 Å². The fraction of sp³-hybridized carbons (Fsp3) is 0.550. The van der Waals surface area contributed by atoms with Crippen LogP contribution in [-0.2, 0) is 9.59 Å². The summed E-state index contributed by atoms with van der Waals surface area (Å²) < 4.78 is 0. The molecule has 1 heterocycles. The number of carboxylic acids is 1. The molecule has 2 aliphatic rings. The van der Waals surface area contributed by atoms with Crippen molar-refractivity contribution in [3.05, 3.63) is 35.4 Å². The Labute approximate surface area is 153 Å². The van der Waals surface area contributed by atoms with Gasteiger partial charge in [0.2, 0.25) is 5.91 Å². The standard InChI is InChI=1S/C20H26N2O4/c1-14-5-7-15(8-6-14)18(23)21-9-11-22(12-10-21)19(24)16-3-2-4-17(13-16)20(25)26/h5-8,16-17H,2-4,9-13H2,1H3,(H,25,26). The summed E-state index contributed by atoms with van der Waals surface area (Å²) in [6.45, 7) is 4.06. The number of carbonyl (C=O) groups is 3. The van der Waals surface area contributed by atoms with Crippen molar-refractivity contribution < 1.29 is 19.5 Å². The number of benzene rings is 1. The topological polar surface area (TPSA) is 77.9 Å². The Morgan fingerprint density at radius 3 is 2.12 bits per heavy atom. The third-order valence-corrected chi connectivity index (χ3v) is 5.55. The SMILES string of the molecule is Cc1ccc(C(=O)N2CCN(C(=O)C3CCCC(C(=O)O)C3)CC2)cc1. The van der Waals surface area contributed by atoms with Gasteiger partial charge in [-0.2, -0.15) is 0 Å². The van der Waals surface area contributed by atoms with Crippen LogP contribution in [0.1, 0.15) is 41.6 Å². The summed E-state index contributed by atoms with van der Waals surface area (Å²) >= 11 is 0. The minimum absolute atomic E-state index is 0.000654. The lowest BCUT2D eigenvalue weighted by molar-refractivity contribution is -0.146. The summed E-state index contributed by atoms with van der Waals surface area (Å²) in [5.41, 5.74) is 1.79. The zero-order valence-electron chi connectivity index (χ0n) is 15.2. The van der Waals surface area contributed by atoms with Crippen molar-refractivity contribution in [2.45, 2.75) is 32.6 Å². The van der Waals surface area contributed by atoms with E-state index in [2.05, 4.69) is 0 Å². The zero-order valence-corrected chi connectivity index (χ0v) is 15.2. The molecule has 1 aromatic carbocycles. The van der Waals surface area contributed by atoms with Crippen molar-refractivity contribution in [1.82, 2.24) is 9.80 Å². The Morgan fingerprint density at radius 2 is 1.50 bits per heavy atom. The monoisotopic (exact) mass is 358 g/mol. The van der Waals surface area contributed by atoms with Crippen molar-refractivity contribution in [1.29, 1.82) is 0 Å². The van der Waals surface area contributed by atoms with Crippen LogP contribution in [0.4, 0.5) is 0 Å². The number of piperazine rings is 1. The van der Waals surface area contributed by atoms with Gasteiger partial charge in [-0.25, -0.2) is 0 Å². The van der Waals surface area contributed by atoms with Gasteiger partial charge in [0, 0.05) is 37.7 Å². The third kappa shape index (κ3) is 4.06. The largest absolute Gasteiger partial charge is 0.481 e. The highest BCUT2D eigenvalue weighted by atomic mass is 16.4. The Balaban J connectivity index is 1.54. The van der Waals surface area contributed by atoms with Gasteiger partial charge < -0.3 is 14.9 Å². The first kappa shape index (κ1) is 18.4. The Kier molecular flexibility index (Phi) is 5.59. The maximum Gasteiger partial charge on any atom is 0.306 e. The van der Waals surface area contributed by atoms with Crippen molar-refractivity contribution >= 4 is 17.8 Å². The smallest absolute Gasteiger partial charge is 0.306 e. The van der Waals surface area contributed by atoms with Gasteiger partial charge in [0.05, 0.1) is 5.92 Å². The van der Waals surface area contributed by atoms with Gasteiger partial charge in [0.15, 0.2) is 0 Å². The number of hydrogen-bond acceptors (Lipinski definition) is 3. The fourth-order valence-corrected chi connectivity index (χ4v) is 3.91. The molecular formula is C20H26N2O4. The predicted octanol–water partition coefficient (Wildman–Crippen LogP) is 2.17. The van der Waals surface area contributed by atoms with Crippen LogP contribution in [-0.4, -0.2) is 58.9 Å². The van der Waals surface area contributed by atoms with Gasteiger partial charge in [0.1, 0.15) is 0 Å². The van der Waals surface area contributed by atoms with E-state index in [4.69, 9.17) is 0 Å². The number of carboxylic acid groups (broad SMARTS) is 1. The van der Waals surface area contributed by atoms with E-state index < -0.39 is 11.9 Å². The first-order chi connectivity index (χ1) is 12.5. The molecule has 1 aliphatic heterocycles. The molecule has 6 heteroatoms. The van der Waals surface area contributed by atoms with E-state index in [1.54, 1.807) is 9.80 Å². The van der Waals surface area contributed by atoms with Crippen molar-refractivity contribution in [3.63, 3.8) is 0 Å². The quantitative estimate of drug-likeness (QED) is 0.898. The maximum atomic E-state index is 12.7. The molecule has 1 aromatic rings. The third-order valence-electron chi connectivity index (χ3n) is 5.55. The van der Waals surface area contributed by atoms with Crippen LogP contribution in [0.3, 0.4) is 0 Å². The molecule has 0 aromatic heterocycles. The van der Waals surface area contributed by atoms with Gasteiger partial charge in [-0.15, -0.1) is 0 Å². The van der Waals surface area contributed by atoms with Crippen LogP contribution in [0, 0.1) is 18.8 Å². The molecule has 140 valence electrons. The van der Waals surface area contributed by atoms with E-state index >= 15 is 0 Å². The highest BCUT2D eigenvalue weighted by molar-refractivity contribution is 5.94. The summed E-state index contributed by atoms with van der Waals surface area (Å²) in [6.07, 6.45) is 2.67. The highest BCUT2D eigenvalue weighted by Crippen LogP contribution is 2.30. The van der Waals surface area contributed by atoms with Crippen LogP contribution in [0.25, 0.3) is 0 Å². The zero-order chi connectivity index (χ0) is 18.7. The van der Waals surface area contributed by atoms with Crippen LogP contribution in [0.2, 0.25) is 0 Å². The van der Waals surface area contributed by atoms with Crippen molar-refractivity contribution in [3.8, 4) is 0 Å². The normalized spacial score (nSPS) is 23.6. The molecule has 1 saturated carbocycles.